The summed E-state index contributed by atoms with van der Waals surface area (Å²) in [5.41, 5.74) is 2.38. The molecule has 1 unspecified atom stereocenters. The minimum atomic E-state index is -3.51. The highest BCUT2D eigenvalue weighted by molar-refractivity contribution is 7.89. The molecule has 1 N–H and O–H groups in total. The molecule has 5 nitrogen and oxygen atoms in total. The highest BCUT2D eigenvalue weighted by atomic mass is 32.2. The van der Waals surface area contributed by atoms with Crippen molar-refractivity contribution in [3.05, 3.63) is 65.7 Å². The largest absolute Gasteiger partial charge is 0.374 e. The highest BCUT2D eigenvalue weighted by Gasteiger charge is 2.23. The third kappa shape index (κ3) is 5.14. The van der Waals surface area contributed by atoms with Gasteiger partial charge in [-0.05, 0) is 29.7 Å². The zero-order valence-electron chi connectivity index (χ0n) is 15.1. The van der Waals surface area contributed by atoms with Crippen molar-refractivity contribution in [1.29, 1.82) is 0 Å². The van der Waals surface area contributed by atoms with Gasteiger partial charge in [-0.1, -0.05) is 49.4 Å². The van der Waals surface area contributed by atoms with Gasteiger partial charge >= 0.3 is 0 Å². The summed E-state index contributed by atoms with van der Waals surface area (Å²) in [6.07, 6.45) is 0.748. The van der Waals surface area contributed by atoms with E-state index < -0.39 is 10.0 Å². The van der Waals surface area contributed by atoms with E-state index in [1.807, 2.05) is 37.3 Å². The molecule has 0 amide bonds. The van der Waals surface area contributed by atoms with Crippen molar-refractivity contribution in [2.45, 2.75) is 30.9 Å². The van der Waals surface area contributed by atoms with Gasteiger partial charge in [-0.3, -0.25) is 4.90 Å². The molecular weight excluding hydrogens is 348 g/mol. The van der Waals surface area contributed by atoms with Crippen LogP contribution < -0.4 is 4.72 Å². The van der Waals surface area contributed by atoms with Crippen molar-refractivity contribution < 1.29 is 13.2 Å². The summed E-state index contributed by atoms with van der Waals surface area (Å²) in [5.74, 6) is 0. The van der Waals surface area contributed by atoms with Gasteiger partial charge in [0.25, 0.3) is 0 Å². The van der Waals surface area contributed by atoms with Gasteiger partial charge in [0, 0.05) is 26.2 Å². The van der Waals surface area contributed by atoms with Crippen LogP contribution in [-0.4, -0.2) is 45.7 Å². The second-order valence-corrected chi connectivity index (χ2v) is 8.33. The summed E-state index contributed by atoms with van der Waals surface area (Å²) in [5, 5.41) is 0. The molecule has 140 valence electrons. The van der Waals surface area contributed by atoms with Crippen LogP contribution in [0.1, 0.15) is 18.1 Å². The normalized spacial score (nSPS) is 18.7. The molecule has 3 rings (SSSR count). The van der Waals surface area contributed by atoms with Gasteiger partial charge in [-0.15, -0.1) is 0 Å². The van der Waals surface area contributed by atoms with Gasteiger partial charge in [0.2, 0.25) is 10.0 Å². The maximum atomic E-state index is 12.5. The Hall–Kier alpha value is -1.73. The van der Waals surface area contributed by atoms with Crippen LogP contribution in [-0.2, 0) is 27.7 Å². The summed E-state index contributed by atoms with van der Waals surface area (Å²) in [4.78, 5) is 2.60. The Labute approximate surface area is 156 Å². The van der Waals surface area contributed by atoms with Crippen LogP contribution in [0.3, 0.4) is 0 Å². The summed E-state index contributed by atoms with van der Waals surface area (Å²) < 4.78 is 33.4. The first-order valence-corrected chi connectivity index (χ1v) is 10.5. The second-order valence-electron chi connectivity index (χ2n) is 6.56. The second kappa shape index (κ2) is 8.77. The quantitative estimate of drug-likeness (QED) is 0.809. The molecule has 26 heavy (non-hydrogen) atoms. The third-order valence-corrected chi connectivity index (χ3v) is 6.05. The van der Waals surface area contributed by atoms with E-state index in [4.69, 9.17) is 4.74 Å². The molecule has 0 radical (unpaired) electrons. The number of nitrogens with one attached hydrogen (secondary N) is 1. The Balaban J connectivity index is 1.54. The number of ether oxygens (including phenoxy) is 1. The number of benzene rings is 2. The smallest absolute Gasteiger partial charge is 0.240 e. The summed E-state index contributed by atoms with van der Waals surface area (Å²) in [7, 11) is -3.51. The van der Waals surface area contributed by atoms with Gasteiger partial charge in [-0.2, -0.15) is 0 Å². The van der Waals surface area contributed by atoms with Gasteiger partial charge in [0.05, 0.1) is 17.6 Å². The van der Waals surface area contributed by atoms with Crippen LogP contribution in [0.15, 0.2) is 59.5 Å². The molecule has 0 aromatic heterocycles. The molecule has 2 aromatic carbocycles. The molecule has 1 aliphatic heterocycles. The highest BCUT2D eigenvalue weighted by Crippen LogP contribution is 2.13. The standard InChI is InChI=1S/C20H26N2O3S/c1-2-17-8-10-20(11-9-17)26(23,24)21-14-19-16-22(12-13-25-19)15-18-6-4-3-5-7-18/h3-11,19,21H,2,12-16H2,1H3. The summed E-state index contributed by atoms with van der Waals surface area (Å²) in [6.45, 7) is 5.37. The van der Waals surface area contributed by atoms with Gasteiger partial charge in [0.15, 0.2) is 0 Å². The van der Waals surface area contributed by atoms with E-state index in [0.717, 1.165) is 25.1 Å². The zero-order valence-corrected chi connectivity index (χ0v) is 15.9. The molecule has 0 bridgehead atoms. The number of rotatable bonds is 7. The minimum Gasteiger partial charge on any atom is -0.374 e. The zero-order chi connectivity index (χ0) is 18.4. The van der Waals surface area contributed by atoms with Crippen molar-refractivity contribution in [3.63, 3.8) is 0 Å². The Kier molecular flexibility index (Phi) is 6.43. The van der Waals surface area contributed by atoms with Crippen LogP contribution in [0.2, 0.25) is 0 Å². The topological polar surface area (TPSA) is 58.6 Å². The van der Waals surface area contributed by atoms with E-state index in [9.17, 15) is 8.42 Å². The van der Waals surface area contributed by atoms with E-state index in [2.05, 4.69) is 21.8 Å². The maximum Gasteiger partial charge on any atom is 0.240 e. The molecule has 1 aliphatic rings. The van der Waals surface area contributed by atoms with Crippen LogP contribution in [0.5, 0.6) is 0 Å². The SMILES string of the molecule is CCc1ccc(S(=O)(=O)NCC2CN(Cc3ccccc3)CCO2)cc1. The maximum absolute atomic E-state index is 12.5. The Morgan fingerprint density at radius 2 is 1.81 bits per heavy atom. The predicted molar refractivity (Wildman–Crippen MR) is 102 cm³/mol. The lowest BCUT2D eigenvalue weighted by atomic mass is 10.2. The van der Waals surface area contributed by atoms with E-state index in [0.29, 0.717) is 18.0 Å². The van der Waals surface area contributed by atoms with E-state index >= 15 is 0 Å². The molecule has 0 saturated carbocycles. The van der Waals surface area contributed by atoms with E-state index in [-0.39, 0.29) is 12.6 Å². The summed E-state index contributed by atoms with van der Waals surface area (Å²) >= 11 is 0. The van der Waals surface area contributed by atoms with E-state index in [1.165, 1.54) is 5.56 Å². The summed E-state index contributed by atoms with van der Waals surface area (Å²) in [6, 6.07) is 17.3. The average molecular weight is 375 g/mol. The number of sulfonamides is 1. The number of morpholine rings is 1. The predicted octanol–water partition coefficient (Wildman–Crippen LogP) is 2.43. The fraction of sp³-hybridized carbons (Fsp3) is 0.400. The first-order valence-electron chi connectivity index (χ1n) is 9.03. The number of nitrogens with zero attached hydrogens (tertiary/aromatic N) is 1. The monoisotopic (exact) mass is 374 g/mol. The molecule has 0 aliphatic carbocycles. The van der Waals surface area contributed by atoms with Gasteiger partial charge < -0.3 is 4.74 Å². The molecule has 1 saturated heterocycles. The Bertz CT molecular complexity index is 792. The molecule has 6 heteroatoms. The Morgan fingerprint density at radius 3 is 2.50 bits per heavy atom. The average Bonchev–Trinajstić information content (AvgIpc) is 2.68. The molecule has 1 fully saturated rings. The Morgan fingerprint density at radius 1 is 1.08 bits per heavy atom. The van der Waals surface area contributed by atoms with Crippen LogP contribution >= 0.6 is 0 Å². The van der Waals surface area contributed by atoms with Crippen LogP contribution in [0.25, 0.3) is 0 Å². The lowest BCUT2D eigenvalue weighted by Crippen LogP contribution is -2.47. The lowest BCUT2D eigenvalue weighted by Gasteiger charge is -2.33. The van der Waals surface area contributed by atoms with Crippen LogP contribution in [0, 0.1) is 0 Å². The fourth-order valence-electron chi connectivity index (χ4n) is 3.08. The fourth-order valence-corrected chi connectivity index (χ4v) is 4.15. The van der Waals surface area contributed by atoms with Crippen molar-refractivity contribution in [2.75, 3.05) is 26.2 Å². The molecule has 2 aromatic rings. The first kappa shape index (κ1) is 19.0. The number of hydrogen-bond acceptors (Lipinski definition) is 4. The van der Waals surface area contributed by atoms with Gasteiger partial charge in [-0.25, -0.2) is 13.1 Å². The minimum absolute atomic E-state index is 0.142. The molecule has 1 heterocycles. The van der Waals surface area contributed by atoms with Crippen molar-refractivity contribution in [1.82, 2.24) is 9.62 Å². The van der Waals surface area contributed by atoms with Crippen LogP contribution in [0.4, 0.5) is 0 Å². The van der Waals surface area contributed by atoms with Crippen molar-refractivity contribution in [3.8, 4) is 0 Å². The molecular formula is C20H26N2O3S. The van der Waals surface area contributed by atoms with E-state index in [1.54, 1.807) is 12.1 Å². The number of hydrogen-bond donors (Lipinski definition) is 1. The van der Waals surface area contributed by atoms with Crippen molar-refractivity contribution in [2.24, 2.45) is 0 Å². The van der Waals surface area contributed by atoms with Crippen molar-refractivity contribution >= 4 is 10.0 Å². The van der Waals surface area contributed by atoms with Gasteiger partial charge in [0.1, 0.15) is 0 Å². The molecule has 0 spiro atoms. The lowest BCUT2D eigenvalue weighted by molar-refractivity contribution is -0.0276. The first-order chi connectivity index (χ1) is 12.6. The number of aryl methyl sites for hydroxylation is 1. The molecule has 1 atom stereocenters. The third-order valence-electron chi connectivity index (χ3n) is 4.61.